The average Bonchev–Trinajstić information content (AvgIpc) is 2.50. The molecule has 1 saturated heterocycles. The first-order valence-electron chi connectivity index (χ1n) is 7.86. The molecule has 0 saturated carbocycles. The van der Waals surface area contributed by atoms with Crippen LogP contribution in [0.2, 0.25) is 5.02 Å². The van der Waals surface area contributed by atoms with Crippen molar-refractivity contribution in [2.24, 2.45) is 11.7 Å². The molecule has 1 heterocycles. The number of ether oxygens (including phenoxy) is 1. The first kappa shape index (κ1) is 17.6. The van der Waals surface area contributed by atoms with Crippen LogP contribution >= 0.6 is 11.6 Å². The minimum Gasteiger partial charge on any atom is -0.479 e. The highest BCUT2D eigenvalue weighted by atomic mass is 35.5. The number of carbonyl (C=O) groups is 2. The van der Waals surface area contributed by atoms with Gasteiger partial charge in [0.1, 0.15) is 5.75 Å². The fourth-order valence-corrected chi connectivity index (χ4v) is 3.00. The van der Waals surface area contributed by atoms with Crippen molar-refractivity contribution in [2.45, 2.75) is 39.2 Å². The maximum atomic E-state index is 12.5. The standard InChI is InChI=1S/C17H23ClN2O3/c1-11-3-4-14(18)15(9-11)23-12(2)17(22)20-7-5-13(6-8-20)10-16(19)21/h3-4,9,12-13H,5-8,10H2,1-2H3,(H2,19,21)/t12-/m0/s1. The van der Waals surface area contributed by atoms with Crippen LogP contribution in [0.5, 0.6) is 5.75 Å². The molecule has 1 atom stereocenters. The van der Waals surface area contributed by atoms with E-state index in [1.54, 1.807) is 17.9 Å². The lowest BCUT2D eigenvalue weighted by Crippen LogP contribution is -2.45. The van der Waals surface area contributed by atoms with Gasteiger partial charge in [-0.2, -0.15) is 0 Å². The zero-order valence-corrected chi connectivity index (χ0v) is 14.3. The topological polar surface area (TPSA) is 72.6 Å². The van der Waals surface area contributed by atoms with Crippen molar-refractivity contribution in [1.29, 1.82) is 0 Å². The summed E-state index contributed by atoms with van der Waals surface area (Å²) >= 11 is 6.10. The van der Waals surface area contributed by atoms with Crippen LogP contribution in [-0.4, -0.2) is 35.9 Å². The van der Waals surface area contributed by atoms with Crippen molar-refractivity contribution in [3.63, 3.8) is 0 Å². The molecular weight excluding hydrogens is 316 g/mol. The van der Waals surface area contributed by atoms with Crippen molar-refractivity contribution >= 4 is 23.4 Å². The van der Waals surface area contributed by atoms with Gasteiger partial charge in [0, 0.05) is 19.5 Å². The van der Waals surface area contributed by atoms with Gasteiger partial charge in [0.05, 0.1) is 5.02 Å². The van der Waals surface area contributed by atoms with Crippen molar-refractivity contribution in [3.05, 3.63) is 28.8 Å². The lowest BCUT2D eigenvalue weighted by molar-refractivity contribution is -0.139. The molecule has 2 amide bonds. The predicted octanol–water partition coefficient (Wildman–Crippen LogP) is 2.53. The number of primary amides is 1. The van der Waals surface area contributed by atoms with Crippen molar-refractivity contribution < 1.29 is 14.3 Å². The molecule has 0 spiro atoms. The molecule has 1 aromatic rings. The van der Waals surface area contributed by atoms with Gasteiger partial charge in [-0.3, -0.25) is 9.59 Å². The molecule has 1 aliphatic rings. The largest absolute Gasteiger partial charge is 0.479 e. The van der Waals surface area contributed by atoms with Gasteiger partial charge in [-0.15, -0.1) is 0 Å². The molecule has 1 fully saturated rings. The Bertz CT molecular complexity index is 583. The highest BCUT2D eigenvalue weighted by Crippen LogP contribution is 2.27. The van der Waals surface area contributed by atoms with E-state index in [9.17, 15) is 9.59 Å². The summed E-state index contributed by atoms with van der Waals surface area (Å²) in [5.74, 6) is 0.468. The van der Waals surface area contributed by atoms with Crippen LogP contribution in [0.3, 0.4) is 0 Å². The predicted molar refractivity (Wildman–Crippen MR) is 89.4 cm³/mol. The van der Waals surface area contributed by atoms with E-state index in [0.29, 0.717) is 30.3 Å². The molecule has 23 heavy (non-hydrogen) atoms. The molecule has 5 nitrogen and oxygen atoms in total. The first-order valence-corrected chi connectivity index (χ1v) is 8.24. The lowest BCUT2D eigenvalue weighted by Gasteiger charge is -2.33. The van der Waals surface area contributed by atoms with Gasteiger partial charge in [0.25, 0.3) is 5.91 Å². The average molecular weight is 339 g/mol. The monoisotopic (exact) mass is 338 g/mol. The maximum Gasteiger partial charge on any atom is 0.263 e. The Hall–Kier alpha value is -1.75. The number of halogens is 1. The van der Waals surface area contributed by atoms with Crippen LogP contribution in [0, 0.1) is 12.8 Å². The molecule has 1 aliphatic heterocycles. The number of hydrogen-bond acceptors (Lipinski definition) is 3. The van der Waals surface area contributed by atoms with Crippen molar-refractivity contribution in [2.75, 3.05) is 13.1 Å². The fraction of sp³-hybridized carbons (Fsp3) is 0.529. The van der Waals surface area contributed by atoms with Gasteiger partial charge >= 0.3 is 0 Å². The molecule has 0 radical (unpaired) electrons. The van der Waals surface area contributed by atoms with E-state index >= 15 is 0 Å². The smallest absolute Gasteiger partial charge is 0.263 e. The molecule has 0 aliphatic carbocycles. The number of rotatable bonds is 5. The zero-order chi connectivity index (χ0) is 17.0. The molecule has 0 unspecified atom stereocenters. The minimum absolute atomic E-state index is 0.0555. The molecule has 126 valence electrons. The summed E-state index contributed by atoms with van der Waals surface area (Å²) in [6, 6.07) is 5.48. The van der Waals surface area contributed by atoms with E-state index in [2.05, 4.69) is 0 Å². The van der Waals surface area contributed by atoms with E-state index in [1.807, 2.05) is 19.1 Å². The van der Waals surface area contributed by atoms with Gasteiger partial charge in [-0.25, -0.2) is 0 Å². The molecule has 6 heteroatoms. The molecule has 0 aromatic heterocycles. The number of aryl methyl sites for hydroxylation is 1. The van der Waals surface area contributed by atoms with E-state index in [0.717, 1.165) is 18.4 Å². The second-order valence-corrected chi connectivity index (χ2v) is 6.54. The number of likely N-dealkylation sites (tertiary alicyclic amines) is 1. The lowest BCUT2D eigenvalue weighted by atomic mass is 9.93. The van der Waals surface area contributed by atoms with Gasteiger partial charge in [-0.05, 0) is 50.3 Å². The van der Waals surface area contributed by atoms with Crippen molar-refractivity contribution in [1.82, 2.24) is 4.90 Å². The first-order chi connectivity index (χ1) is 10.9. The van der Waals surface area contributed by atoms with Crippen LogP contribution in [0.4, 0.5) is 0 Å². The SMILES string of the molecule is Cc1ccc(Cl)c(O[C@@H](C)C(=O)N2CCC(CC(N)=O)CC2)c1. The highest BCUT2D eigenvalue weighted by Gasteiger charge is 2.27. The molecule has 2 N–H and O–H groups in total. The van der Waals surface area contributed by atoms with Gasteiger partial charge in [0.15, 0.2) is 6.10 Å². The summed E-state index contributed by atoms with van der Waals surface area (Å²) in [6.45, 7) is 4.94. The maximum absolute atomic E-state index is 12.5. The molecule has 2 rings (SSSR count). The van der Waals surface area contributed by atoms with E-state index < -0.39 is 6.10 Å². The van der Waals surface area contributed by atoms with Gasteiger partial charge in [0.2, 0.25) is 5.91 Å². The zero-order valence-electron chi connectivity index (χ0n) is 13.5. The molecule has 1 aromatic carbocycles. The van der Waals surface area contributed by atoms with Crippen LogP contribution in [-0.2, 0) is 9.59 Å². The number of piperidine rings is 1. The van der Waals surface area contributed by atoms with E-state index in [4.69, 9.17) is 22.1 Å². The number of nitrogens with two attached hydrogens (primary N) is 1. The van der Waals surface area contributed by atoms with Crippen LogP contribution in [0.25, 0.3) is 0 Å². The number of benzene rings is 1. The Morgan fingerprint density at radius 3 is 2.65 bits per heavy atom. The number of nitrogens with zero attached hydrogens (tertiary/aromatic N) is 1. The third-order valence-corrected chi connectivity index (χ3v) is 4.47. The summed E-state index contributed by atoms with van der Waals surface area (Å²) in [7, 11) is 0. The fourth-order valence-electron chi connectivity index (χ4n) is 2.84. The normalized spacial score (nSPS) is 16.9. The summed E-state index contributed by atoms with van der Waals surface area (Å²) in [6.07, 6.45) is 1.40. The Labute approximate surface area is 141 Å². The molecular formula is C17H23ClN2O3. The Kier molecular flexibility index (Phi) is 5.88. The number of hydrogen-bond donors (Lipinski definition) is 1. The number of amides is 2. The van der Waals surface area contributed by atoms with Gasteiger partial charge < -0.3 is 15.4 Å². The highest BCUT2D eigenvalue weighted by molar-refractivity contribution is 6.32. The Balaban J connectivity index is 1.90. The summed E-state index contributed by atoms with van der Waals surface area (Å²) < 4.78 is 5.74. The quantitative estimate of drug-likeness (QED) is 0.896. The summed E-state index contributed by atoms with van der Waals surface area (Å²) in [4.78, 5) is 25.2. The molecule has 0 bridgehead atoms. The van der Waals surface area contributed by atoms with Crippen LogP contribution in [0.1, 0.15) is 31.7 Å². The second-order valence-electron chi connectivity index (χ2n) is 6.13. The van der Waals surface area contributed by atoms with E-state index in [1.165, 1.54) is 0 Å². The van der Waals surface area contributed by atoms with E-state index in [-0.39, 0.29) is 17.7 Å². The third-order valence-electron chi connectivity index (χ3n) is 4.15. The summed E-state index contributed by atoms with van der Waals surface area (Å²) in [5, 5.41) is 0.496. The van der Waals surface area contributed by atoms with Crippen LogP contribution < -0.4 is 10.5 Å². The Morgan fingerprint density at radius 1 is 1.39 bits per heavy atom. The second kappa shape index (κ2) is 7.68. The van der Waals surface area contributed by atoms with Crippen LogP contribution in [0.15, 0.2) is 18.2 Å². The van der Waals surface area contributed by atoms with Crippen molar-refractivity contribution in [3.8, 4) is 5.75 Å². The summed E-state index contributed by atoms with van der Waals surface area (Å²) in [5.41, 5.74) is 6.25. The minimum atomic E-state index is -0.595. The third kappa shape index (κ3) is 4.86. The number of carbonyl (C=O) groups excluding carboxylic acids is 2. The Morgan fingerprint density at radius 2 is 2.04 bits per heavy atom. The van der Waals surface area contributed by atoms with Gasteiger partial charge in [-0.1, -0.05) is 17.7 Å².